The molecule has 26 heavy (non-hydrogen) atoms. The number of hydrogen-bond acceptors (Lipinski definition) is 5. The molecule has 138 valence electrons. The van der Waals surface area contributed by atoms with Crippen molar-refractivity contribution >= 4 is 5.91 Å². The van der Waals surface area contributed by atoms with E-state index in [9.17, 15) is 9.18 Å². The number of hydrogen-bond donors (Lipinski definition) is 0. The number of nitrogens with zero attached hydrogens (tertiary/aromatic N) is 3. The Morgan fingerprint density at radius 3 is 2.65 bits per heavy atom. The van der Waals surface area contributed by atoms with Gasteiger partial charge in [0, 0.05) is 44.9 Å². The summed E-state index contributed by atoms with van der Waals surface area (Å²) in [5.74, 6) is 0.338. The van der Waals surface area contributed by atoms with Crippen LogP contribution in [-0.4, -0.2) is 59.6 Å². The minimum Gasteiger partial charge on any atom is -0.444 e. The van der Waals surface area contributed by atoms with Crippen LogP contribution in [0, 0.1) is 5.82 Å². The molecule has 3 heterocycles. The number of carbonyl (C=O) groups is 1. The van der Waals surface area contributed by atoms with Crippen LogP contribution in [0.15, 0.2) is 34.9 Å². The van der Waals surface area contributed by atoms with Gasteiger partial charge in [-0.25, -0.2) is 9.37 Å². The number of halogens is 1. The summed E-state index contributed by atoms with van der Waals surface area (Å²) in [6.07, 6.45) is 3.21. The highest BCUT2D eigenvalue weighted by Gasteiger charge is 2.30. The van der Waals surface area contributed by atoms with Gasteiger partial charge in [0.15, 0.2) is 0 Å². The van der Waals surface area contributed by atoms with E-state index < -0.39 is 0 Å². The van der Waals surface area contributed by atoms with Crippen LogP contribution in [0.25, 0.3) is 11.5 Å². The molecule has 0 spiro atoms. The Morgan fingerprint density at radius 2 is 1.96 bits per heavy atom. The molecule has 2 saturated heterocycles. The predicted octanol–water partition coefficient (Wildman–Crippen LogP) is 2.30. The zero-order chi connectivity index (χ0) is 17.9. The topological polar surface area (TPSA) is 58.8 Å². The van der Waals surface area contributed by atoms with Crippen LogP contribution in [0.1, 0.15) is 18.5 Å². The number of amides is 1. The first-order valence-corrected chi connectivity index (χ1v) is 9.02. The zero-order valence-corrected chi connectivity index (χ0v) is 14.6. The molecule has 1 amide bonds. The average Bonchev–Trinajstić information content (AvgIpc) is 3.35. The number of piperazine rings is 1. The van der Waals surface area contributed by atoms with Crippen molar-refractivity contribution in [1.29, 1.82) is 0 Å². The average molecular weight is 359 g/mol. The molecule has 1 atom stereocenters. The molecule has 2 aliphatic heterocycles. The highest BCUT2D eigenvalue weighted by Crippen LogP contribution is 2.20. The molecule has 0 unspecified atom stereocenters. The molecular formula is C19H22FN3O3. The Labute approximate surface area is 151 Å². The van der Waals surface area contributed by atoms with E-state index in [0.717, 1.165) is 37.2 Å². The fourth-order valence-electron chi connectivity index (χ4n) is 3.44. The van der Waals surface area contributed by atoms with Gasteiger partial charge >= 0.3 is 0 Å². The summed E-state index contributed by atoms with van der Waals surface area (Å²) in [6, 6.07) is 6.09. The van der Waals surface area contributed by atoms with Gasteiger partial charge in [0.2, 0.25) is 5.89 Å². The highest BCUT2D eigenvalue weighted by molar-refractivity contribution is 5.81. The molecule has 2 fully saturated rings. The Morgan fingerprint density at radius 1 is 1.19 bits per heavy atom. The van der Waals surface area contributed by atoms with Crippen LogP contribution in [0.2, 0.25) is 0 Å². The molecule has 2 aliphatic rings. The van der Waals surface area contributed by atoms with Gasteiger partial charge in [0.05, 0.1) is 5.69 Å². The number of ether oxygens (including phenoxy) is 1. The van der Waals surface area contributed by atoms with Crippen molar-refractivity contribution in [2.75, 3.05) is 32.8 Å². The Hall–Kier alpha value is -2.25. The van der Waals surface area contributed by atoms with E-state index in [4.69, 9.17) is 9.15 Å². The molecule has 4 rings (SSSR count). The predicted molar refractivity (Wildman–Crippen MR) is 92.7 cm³/mol. The van der Waals surface area contributed by atoms with Crippen LogP contribution >= 0.6 is 0 Å². The molecular weight excluding hydrogens is 337 g/mol. The third kappa shape index (κ3) is 3.78. The van der Waals surface area contributed by atoms with Gasteiger partial charge in [-0.2, -0.15) is 0 Å². The van der Waals surface area contributed by atoms with Crippen molar-refractivity contribution in [2.24, 2.45) is 0 Å². The molecule has 0 saturated carbocycles. The number of carbonyl (C=O) groups excluding carboxylic acids is 1. The Kier molecular flexibility index (Phi) is 4.99. The maximum absolute atomic E-state index is 13.0. The Balaban J connectivity index is 1.30. The first kappa shape index (κ1) is 17.2. The van der Waals surface area contributed by atoms with Gasteiger partial charge in [-0.3, -0.25) is 9.69 Å². The third-order valence-electron chi connectivity index (χ3n) is 4.92. The summed E-state index contributed by atoms with van der Waals surface area (Å²) < 4.78 is 24.0. The van der Waals surface area contributed by atoms with E-state index in [2.05, 4.69) is 9.88 Å². The fraction of sp³-hybridized carbons (Fsp3) is 0.474. The van der Waals surface area contributed by atoms with Crippen LogP contribution in [0.5, 0.6) is 0 Å². The van der Waals surface area contributed by atoms with E-state index in [1.54, 1.807) is 18.4 Å². The monoisotopic (exact) mass is 359 g/mol. The number of rotatable bonds is 4. The first-order chi connectivity index (χ1) is 12.7. The SMILES string of the molecule is O=C([C@H]1CCCO1)N1CCN(Cc2coc(-c3ccc(F)cc3)n2)CC1. The summed E-state index contributed by atoms with van der Waals surface area (Å²) in [5.41, 5.74) is 1.59. The summed E-state index contributed by atoms with van der Waals surface area (Å²) >= 11 is 0. The minimum absolute atomic E-state index is 0.127. The van der Waals surface area contributed by atoms with E-state index >= 15 is 0 Å². The molecule has 6 nitrogen and oxygen atoms in total. The quantitative estimate of drug-likeness (QED) is 0.838. The Bertz CT molecular complexity index is 748. The second-order valence-corrected chi connectivity index (χ2v) is 6.75. The standard InChI is InChI=1S/C19H22FN3O3/c20-15-5-3-14(4-6-15)18-21-16(13-26-18)12-22-7-9-23(10-8-22)19(24)17-2-1-11-25-17/h3-6,13,17H,1-2,7-12H2/t17-/m1/s1. The second-order valence-electron chi connectivity index (χ2n) is 6.75. The lowest BCUT2D eigenvalue weighted by Gasteiger charge is -2.35. The first-order valence-electron chi connectivity index (χ1n) is 9.02. The maximum atomic E-state index is 13.0. The largest absolute Gasteiger partial charge is 0.444 e. The van der Waals surface area contributed by atoms with Gasteiger partial charge in [-0.15, -0.1) is 0 Å². The van der Waals surface area contributed by atoms with Crippen LogP contribution in [0.3, 0.4) is 0 Å². The number of benzene rings is 1. The maximum Gasteiger partial charge on any atom is 0.251 e. The summed E-state index contributed by atoms with van der Waals surface area (Å²) in [4.78, 5) is 21.0. The molecule has 1 aromatic carbocycles. The van der Waals surface area contributed by atoms with Gasteiger partial charge in [-0.05, 0) is 37.1 Å². The number of aromatic nitrogens is 1. The molecule has 0 aliphatic carbocycles. The van der Waals surface area contributed by atoms with Crippen LogP contribution in [0.4, 0.5) is 4.39 Å². The van der Waals surface area contributed by atoms with Crippen molar-refractivity contribution in [1.82, 2.24) is 14.8 Å². The van der Waals surface area contributed by atoms with E-state index in [1.165, 1.54) is 12.1 Å². The molecule has 0 bridgehead atoms. The zero-order valence-electron chi connectivity index (χ0n) is 14.6. The molecule has 0 radical (unpaired) electrons. The van der Waals surface area contributed by atoms with E-state index in [0.29, 0.717) is 32.1 Å². The number of oxazole rings is 1. The van der Waals surface area contributed by atoms with E-state index in [-0.39, 0.29) is 17.8 Å². The smallest absolute Gasteiger partial charge is 0.251 e. The molecule has 7 heteroatoms. The van der Waals surface area contributed by atoms with Gasteiger partial charge in [0.1, 0.15) is 18.2 Å². The van der Waals surface area contributed by atoms with Gasteiger partial charge < -0.3 is 14.1 Å². The van der Waals surface area contributed by atoms with Crippen LogP contribution in [-0.2, 0) is 16.1 Å². The van der Waals surface area contributed by atoms with Crippen molar-refractivity contribution in [3.63, 3.8) is 0 Å². The summed E-state index contributed by atoms with van der Waals surface area (Å²) in [6.45, 7) is 4.39. The fourth-order valence-corrected chi connectivity index (χ4v) is 3.44. The molecule has 2 aromatic rings. The van der Waals surface area contributed by atoms with Crippen molar-refractivity contribution < 1.29 is 18.3 Å². The minimum atomic E-state index is -0.282. The lowest BCUT2D eigenvalue weighted by molar-refractivity contribution is -0.142. The third-order valence-corrected chi connectivity index (χ3v) is 4.92. The lowest BCUT2D eigenvalue weighted by Crippen LogP contribution is -2.51. The van der Waals surface area contributed by atoms with E-state index in [1.807, 2.05) is 4.90 Å². The summed E-state index contributed by atoms with van der Waals surface area (Å²) in [5, 5.41) is 0. The van der Waals surface area contributed by atoms with Gasteiger partial charge in [-0.1, -0.05) is 0 Å². The van der Waals surface area contributed by atoms with Crippen molar-refractivity contribution in [2.45, 2.75) is 25.5 Å². The van der Waals surface area contributed by atoms with Crippen molar-refractivity contribution in [3.8, 4) is 11.5 Å². The second kappa shape index (κ2) is 7.55. The van der Waals surface area contributed by atoms with Gasteiger partial charge in [0.25, 0.3) is 5.91 Å². The molecule has 0 N–H and O–H groups in total. The highest BCUT2D eigenvalue weighted by atomic mass is 19.1. The van der Waals surface area contributed by atoms with Crippen molar-refractivity contribution in [3.05, 3.63) is 42.0 Å². The molecule has 1 aromatic heterocycles. The summed E-state index contributed by atoms with van der Waals surface area (Å²) in [7, 11) is 0. The lowest BCUT2D eigenvalue weighted by atomic mass is 10.2. The van der Waals surface area contributed by atoms with Crippen LogP contribution < -0.4 is 0 Å². The normalized spacial score (nSPS) is 21.3.